The van der Waals surface area contributed by atoms with Gasteiger partial charge in [-0.1, -0.05) is 0 Å². The van der Waals surface area contributed by atoms with Crippen molar-refractivity contribution in [1.29, 1.82) is 0 Å². The average molecular weight is 726 g/mol. The van der Waals surface area contributed by atoms with Crippen LogP contribution in [0.15, 0.2) is 0 Å². The number of nitrogen functional groups attached to an aromatic ring is 1. The monoisotopic (exact) mass is 725 g/mol. The molecule has 3 aromatic rings. The van der Waals surface area contributed by atoms with Gasteiger partial charge in [-0.15, -0.1) is 0 Å². The molecule has 6 atom stereocenters. The highest BCUT2D eigenvalue weighted by Crippen LogP contribution is 2.46. The van der Waals surface area contributed by atoms with Crippen LogP contribution in [0.4, 0.5) is 29.1 Å². The van der Waals surface area contributed by atoms with Crippen LogP contribution in [0.25, 0.3) is 22.2 Å². The number of nitrogens with one attached hydrogen (secondary N) is 1. The first-order valence-corrected chi connectivity index (χ1v) is 16.2. The van der Waals surface area contributed by atoms with E-state index in [4.69, 9.17) is 20.2 Å². The van der Waals surface area contributed by atoms with Gasteiger partial charge in [-0.25, -0.2) is 22.5 Å². The molecule has 5 aliphatic heterocycles. The summed E-state index contributed by atoms with van der Waals surface area (Å²) in [5.41, 5.74) is 3.88. The Balaban J connectivity index is 1.32. The number of rotatable bonds is 4. The molecular weight excluding hydrogens is 693 g/mol. The van der Waals surface area contributed by atoms with E-state index in [0.29, 0.717) is 25.3 Å². The summed E-state index contributed by atoms with van der Waals surface area (Å²) in [5, 5.41) is 3.93. The number of alkyl halides is 1. The Morgan fingerprint density at radius 3 is 2.77 bits per heavy atom. The zero-order valence-electron chi connectivity index (χ0n) is 24.3. The molecule has 4 saturated heterocycles. The maximum atomic E-state index is 16.7. The van der Waals surface area contributed by atoms with E-state index < -0.39 is 41.0 Å². The van der Waals surface area contributed by atoms with Crippen molar-refractivity contribution in [2.75, 3.05) is 36.9 Å². The second-order valence-corrected chi connectivity index (χ2v) is 13.9. The minimum Gasteiger partial charge on any atom is -0.472 e. The van der Waals surface area contributed by atoms with Crippen molar-refractivity contribution in [1.82, 2.24) is 25.2 Å². The number of hydrogen-bond acceptors (Lipinski definition) is 9. The summed E-state index contributed by atoms with van der Waals surface area (Å²) in [6.07, 6.45) is 2.70. The number of halogens is 5. The molecule has 0 saturated carbocycles. The predicted octanol–water partition coefficient (Wildman–Crippen LogP) is 4.65. The summed E-state index contributed by atoms with van der Waals surface area (Å²) in [6.45, 7) is 5.32. The highest BCUT2D eigenvalue weighted by atomic mass is 127. The van der Waals surface area contributed by atoms with Crippen LogP contribution in [0.2, 0.25) is 0 Å². The van der Waals surface area contributed by atoms with Crippen molar-refractivity contribution < 1.29 is 27.0 Å². The summed E-state index contributed by atoms with van der Waals surface area (Å²) >= 11 is 1.78. The van der Waals surface area contributed by atoms with E-state index in [2.05, 4.69) is 25.1 Å². The zero-order valence-corrected chi connectivity index (χ0v) is 26.4. The van der Waals surface area contributed by atoms with Gasteiger partial charge in [-0.2, -0.15) is 9.97 Å². The molecule has 9 nitrogen and oxygen atoms in total. The van der Waals surface area contributed by atoms with Crippen LogP contribution in [-0.4, -0.2) is 82.0 Å². The summed E-state index contributed by atoms with van der Waals surface area (Å²) in [7, 11) is 0. The molecule has 2 bridgehead atoms. The first-order chi connectivity index (χ1) is 21.1. The Morgan fingerprint density at radius 2 is 1.95 bits per heavy atom. The smallest absolute Gasteiger partial charge is 0.319 e. The second-order valence-electron chi connectivity index (χ2n) is 12.9. The summed E-state index contributed by atoms with van der Waals surface area (Å²) in [6, 6.07) is 0.137. The number of hydrogen-bond donors (Lipinski definition) is 2. The van der Waals surface area contributed by atoms with Gasteiger partial charge in [-0.05, 0) is 68.7 Å². The van der Waals surface area contributed by atoms with Gasteiger partial charge in [0.2, 0.25) is 5.88 Å². The Labute approximate surface area is 265 Å². The highest BCUT2D eigenvalue weighted by molar-refractivity contribution is 14.1. The lowest BCUT2D eigenvalue weighted by molar-refractivity contribution is 0.107. The zero-order chi connectivity index (χ0) is 30.7. The minimum absolute atomic E-state index is 0.0535. The third-order valence-corrected chi connectivity index (χ3v) is 11.6. The quantitative estimate of drug-likeness (QED) is 0.226. The van der Waals surface area contributed by atoms with Crippen LogP contribution >= 0.6 is 22.6 Å². The van der Waals surface area contributed by atoms with Gasteiger partial charge in [0.15, 0.2) is 17.5 Å². The normalized spacial score (nSPS) is 30.8. The van der Waals surface area contributed by atoms with Gasteiger partial charge in [0.05, 0.1) is 17.1 Å². The molecule has 0 aliphatic carbocycles. The van der Waals surface area contributed by atoms with E-state index in [1.807, 2.05) is 6.92 Å². The predicted molar refractivity (Wildman–Crippen MR) is 164 cm³/mol. The van der Waals surface area contributed by atoms with Gasteiger partial charge in [-0.3, -0.25) is 4.90 Å². The highest BCUT2D eigenvalue weighted by Gasteiger charge is 2.50. The standard InChI is InChI=1S/C30H32F4IN7O2/c1-12-19(32)23(36)20(33)17(22(12)35)24-21(34)25-18-27(40-29(39-25)43-11-30-6-3-7-41(30)9-14(31)8-30)42-10-15-4-5-16(37-15)26(42)13(2)44-28(18)38-24/h13-16,26,37H,3-11,36H2,1-2H3/t13-,14+,15+,16-,26+,30-/m0/s1. The Bertz CT molecular complexity index is 1690. The second kappa shape index (κ2) is 10.1. The van der Waals surface area contributed by atoms with Gasteiger partial charge < -0.3 is 25.4 Å². The molecule has 0 amide bonds. The first kappa shape index (κ1) is 28.7. The van der Waals surface area contributed by atoms with Crippen LogP contribution in [0.5, 0.6) is 11.9 Å². The average Bonchev–Trinajstić information content (AvgIpc) is 3.64. The fraction of sp³-hybridized carbons (Fsp3) is 0.567. The van der Waals surface area contributed by atoms with Crippen molar-refractivity contribution >= 4 is 45.0 Å². The number of ether oxygens (including phenoxy) is 2. The number of anilines is 2. The fourth-order valence-electron chi connectivity index (χ4n) is 8.19. The lowest BCUT2D eigenvalue weighted by atomic mass is 9.95. The van der Waals surface area contributed by atoms with E-state index >= 15 is 8.78 Å². The molecule has 8 rings (SSSR count). The summed E-state index contributed by atoms with van der Waals surface area (Å²) in [4.78, 5) is 18.1. The molecule has 0 unspecified atom stereocenters. The van der Waals surface area contributed by atoms with E-state index in [-0.39, 0.29) is 67.9 Å². The van der Waals surface area contributed by atoms with E-state index in [0.717, 1.165) is 32.2 Å². The first-order valence-electron chi connectivity index (χ1n) is 15.1. The minimum atomic E-state index is -1.11. The molecule has 14 heteroatoms. The van der Waals surface area contributed by atoms with E-state index in [1.165, 1.54) is 6.92 Å². The number of aromatic nitrogens is 3. The molecule has 2 aromatic heterocycles. The Kier molecular flexibility index (Phi) is 6.62. The van der Waals surface area contributed by atoms with Crippen LogP contribution in [-0.2, 0) is 0 Å². The molecular formula is C30H32F4IN7O2. The van der Waals surface area contributed by atoms with Crippen LogP contribution < -0.4 is 25.4 Å². The maximum absolute atomic E-state index is 16.7. The number of piperazine rings is 1. The lowest BCUT2D eigenvalue weighted by Crippen LogP contribution is -2.62. The van der Waals surface area contributed by atoms with Gasteiger partial charge in [0, 0.05) is 40.7 Å². The molecule has 234 valence electrons. The number of pyridine rings is 1. The lowest BCUT2D eigenvalue weighted by Gasteiger charge is -2.42. The third-order valence-electron chi connectivity index (χ3n) is 10.3. The van der Waals surface area contributed by atoms with Crippen LogP contribution in [0.3, 0.4) is 0 Å². The molecule has 7 heterocycles. The number of nitrogens with two attached hydrogens (primary N) is 1. The molecule has 0 radical (unpaired) electrons. The maximum Gasteiger partial charge on any atom is 0.319 e. The van der Waals surface area contributed by atoms with E-state index in [1.54, 1.807) is 22.6 Å². The topological polar surface area (TPSA) is 102 Å². The van der Waals surface area contributed by atoms with Crippen molar-refractivity contribution in [2.45, 2.75) is 81.9 Å². The summed E-state index contributed by atoms with van der Waals surface area (Å²) < 4.78 is 74.3. The van der Waals surface area contributed by atoms with Crippen LogP contribution in [0.1, 0.15) is 44.6 Å². The van der Waals surface area contributed by atoms with Gasteiger partial charge >= 0.3 is 6.01 Å². The van der Waals surface area contributed by atoms with Crippen molar-refractivity contribution in [2.24, 2.45) is 0 Å². The molecule has 0 spiro atoms. The molecule has 1 aromatic carbocycles. The molecule has 5 aliphatic rings. The fourth-order valence-corrected chi connectivity index (χ4v) is 8.92. The molecule has 3 N–H and O–H groups in total. The number of benzene rings is 1. The van der Waals surface area contributed by atoms with Gasteiger partial charge in [0.25, 0.3) is 0 Å². The molecule has 4 fully saturated rings. The van der Waals surface area contributed by atoms with Gasteiger partial charge in [0.1, 0.15) is 47.0 Å². The van der Waals surface area contributed by atoms with Crippen molar-refractivity contribution in [3.05, 3.63) is 26.6 Å². The molecule has 44 heavy (non-hydrogen) atoms. The Morgan fingerprint density at radius 1 is 1.14 bits per heavy atom. The third kappa shape index (κ3) is 4.11. The van der Waals surface area contributed by atoms with Crippen molar-refractivity contribution in [3.8, 4) is 23.1 Å². The van der Waals surface area contributed by atoms with Crippen molar-refractivity contribution in [3.63, 3.8) is 0 Å². The van der Waals surface area contributed by atoms with Crippen LogP contribution in [0, 0.1) is 27.9 Å². The largest absolute Gasteiger partial charge is 0.472 e. The summed E-state index contributed by atoms with van der Waals surface area (Å²) in [5.74, 6) is -2.43. The number of fused-ring (bicyclic) bond motifs is 6. The number of nitrogens with zero attached hydrogens (tertiary/aromatic N) is 5. The SMILES string of the molecule is Cc1c(F)c(N)c(F)c(-c2nc3c4c(nc(OC[C@@]56CCCN5C[C@H](F)C6)nc4c2F)N2C[C@H]4CC[C@H](N4)[C@H]2[C@H](C)O3)c1I. The van der Waals surface area contributed by atoms with E-state index in [9.17, 15) is 8.78 Å². The Hall–Kier alpha value is -2.72.